The number of hydrogen-bond donors (Lipinski definition) is 0. The molecular weight excluding hydrogens is 202 g/mol. The minimum Gasteiger partial charge on any atom is -0.484 e. The van der Waals surface area contributed by atoms with Crippen LogP contribution in [0.2, 0.25) is 0 Å². The second-order valence-corrected chi connectivity index (χ2v) is 3.27. The molecule has 16 heavy (non-hydrogen) atoms. The first kappa shape index (κ1) is 10.4. The average molecular weight is 213 g/mol. The van der Waals surface area contributed by atoms with Gasteiger partial charge in [-0.15, -0.1) is 0 Å². The Morgan fingerprint density at radius 3 is 2.62 bits per heavy atom. The van der Waals surface area contributed by atoms with Gasteiger partial charge in [0.1, 0.15) is 5.75 Å². The molecule has 0 spiro atoms. The third-order valence-corrected chi connectivity index (χ3v) is 2.10. The van der Waals surface area contributed by atoms with E-state index in [2.05, 4.69) is 4.98 Å². The standard InChI is InChI=1S/C13H11NO2/c15-13(11-5-2-1-3-6-11)10-16-12-7-4-8-14-9-12/h1-9H,10H2. The summed E-state index contributed by atoms with van der Waals surface area (Å²) in [5.41, 5.74) is 0.659. The molecule has 0 N–H and O–H groups in total. The summed E-state index contributed by atoms with van der Waals surface area (Å²) in [6.07, 6.45) is 3.24. The zero-order valence-electron chi connectivity index (χ0n) is 8.67. The van der Waals surface area contributed by atoms with Crippen LogP contribution in [0, 0.1) is 0 Å². The molecule has 2 rings (SSSR count). The normalized spacial score (nSPS) is 9.75. The van der Waals surface area contributed by atoms with Gasteiger partial charge in [0, 0.05) is 11.8 Å². The van der Waals surface area contributed by atoms with Crippen molar-refractivity contribution in [2.45, 2.75) is 0 Å². The van der Waals surface area contributed by atoms with E-state index in [0.29, 0.717) is 11.3 Å². The molecule has 0 amide bonds. The molecule has 0 aliphatic rings. The van der Waals surface area contributed by atoms with Crippen LogP contribution in [0.3, 0.4) is 0 Å². The molecule has 1 aromatic heterocycles. The molecule has 0 aliphatic carbocycles. The number of ketones is 1. The number of carbonyl (C=O) groups excluding carboxylic acids is 1. The van der Waals surface area contributed by atoms with E-state index in [1.807, 2.05) is 18.2 Å². The van der Waals surface area contributed by atoms with Crippen molar-refractivity contribution in [1.82, 2.24) is 4.98 Å². The number of nitrogens with zero attached hydrogens (tertiary/aromatic N) is 1. The summed E-state index contributed by atoms with van der Waals surface area (Å²) >= 11 is 0. The Hall–Kier alpha value is -2.16. The minimum atomic E-state index is -0.0375. The van der Waals surface area contributed by atoms with Gasteiger partial charge in [-0.05, 0) is 12.1 Å². The summed E-state index contributed by atoms with van der Waals surface area (Å²) in [7, 11) is 0. The number of carbonyl (C=O) groups is 1. The monoisotopic (exact) mass is 213 g/mol. The molecule has 0 bridgehead atoms. The topological polar surface area (TPSA) is 39.2 Å². The molecule has 3 nitrogen and oxygen atoms in total. The summed E-state index contributed by atoms with van der Waals surface area (Å²) in [4.78, 5) is 15.6. The molecule has 1 heterocycles. The maximum atomic E-state index is 11.7. The molecule has 80 valence electrons. The van der Waals surface area contributed by atoms with Crippen LogP contribution >= 0.6 is 0 Å². The summed E-state index contributed by atoms with van der Waals surface area (Å²) in [6, 6.07) is 12.6. The highest BCUT2D eigenvalue weighted by molar-refractivity contribution is 5.97. The molecule has 0 unspecified atom stereocenters. The Morgan fingerprint density at radius 1 is 1.12 bits per heavy atom. The largest absolute Gasteiger partial charge is 0.484 e. The van der Waals surface area contributed by atoms with E-state index in [9.17, 15) is 4.79 Å². The van der Waals surface area contributed by atoms with Crippen LogP contribution < -0.4 is 4.74 Å². The van der Waals surface area contributed by atoms with Gasteiger partial charge in [-0.3, -0.25) is 9.78 Å². The number of benzene rings is 1. The quantitative estimate of drug-likeness (QED) is 0.732. The lowest BCUT2D eigenvalue weighted by Gasteiger charge is -2.04. The smallest absolute Gasteiger partial charge is 0.200 e. The summed E-state index contributed by atoms with van der Waals surface area (Å²) in [5, 5.41) is 0. The van der Waals surface area contributed by atoms with Gasteiger partial charge >= 0.3 is 0 Å². The van der Waals surface area contributed by atoms with Crippen molar-refractivity contribution >= 4 is 5.78 Å². The highest BCUT2D eigenvalue weighted by Crippen LogP contribution is 2.07. The van der Waals surface area contributed by atoms with Gasteiger partial charge < -0.3 is 4.74 Å². The number of rotatable bonds is 4. The van der Waals surface area contributed by atoms with E-state index in [-0.39, 0.29) is 12.4 Å². The van der Waals surface area contributed by atoms with Gasteiger partial charge in [0.05, 0.1) is 6.20 Å². The van der Waals surface area contributed by atoms with Gasteiger partial charge in [0.25, 0.3) is 0 Å². The van der Waals surface area contributed by atoms with Crippen molar-refractivity contribution in [3.05, 3.63) is 60.4 Å². The Kier molecular flexibility index (Phi) is 3.28. The van der Waals surface area contributed by atoms with E-state index in [1.165, 1.54) is 0 Å². The van der Waals surface area contributed by atoms with Crippen LogP contribution in [-0.2, 0) is 0 Å². The SMILES string of the molecule is O=C(COc1cccnc1)c1ccccc1. The maximum Gasteiger partial charge on any atom is 0.200 e. The Labute approximate surface area is 93.7 Å². The first-order valence-corrected chi connectivity index (χ1v) is 4.97. The fraction of sp³-hybridized carbons (Fsp3) is 0.0769. The molecule has 3 heteroatoms. The third-order valence-electron chi connectivity index (χ3n) is 2.10. The minimum absolute atomic E-state index is 0.0374. The Morgan fingerprint density at radius 2 is 1.94 bits per heavy atom. The van der Waals surface area contributed by atoms with Crippen LogP contribution in [-0.4, -0.2) is 17.4 Å². The Balaban J connectivity index is 1.95. The van der Waals surface area contributed by atoms with Gasteiger partial charge in [-0.25, -0.2) is 0 Å². The molecule has 0 atom stereocenters. The van der Waals surface area contributed by atoms with E-state index in [4.69, 9.17) is 4.74 Å². The number of pyridine rings is 1. The fourth-order valence-electron chi connectivity index (χ4n) is 1.29. The average Bonchev–Trinajstić information content (AvgIpc) is 2.38. The predicted octanol–water partition coefficient (Wildman–Crippen LogP) is 2.34. The van der Waals surface area contributed by atoms with Crippen LogP contribution in [0.4, 0.5) is 0 Å². The highest BCUT2D eigenvalue weighted by Gasteiger charge is 2.05. The fourth-order valence-corrected chi connectivity index (χ4v) is 1.29. The zero-order valence-corrected chi connectivity index (χ0v) is 8.67. The molecule has 0 aliphatic heterocycles. The number of ether oxygens (including phenoxy) is 1. The van der Waals surface area contributed by atoms with Crippen LogP contribution in [0.15, 0.2) is 54.9 Å². The molecule has 2 aromatic rings. The number of hydrogen-bond acceptors (Lipinski definition) is 3. The lowest BCUT2D eigenvalue weighted by molar-refractivity contribution is 0.0921. The first-order chi connectivity index (χ1) is 7.86. The van der Waals surface area contributed by atoms with Crippen LogP contribution in [0.5, 0.6) is 5.75 Å². The highest BCUT2D eigenvalue weighted by atomic mass is 16.5. The lowest BCUT2D eigenvalue weighted by Crippen LogP contribution is -2.11. The molecule has 0 fully saturated rings. The molecule has 0 saturated heterocycles. The molecular formula is C13H11NO2. The van der Waals surface area contributed by atoms with Gasteiger partial charge in [-0.2, -0.15) is 0 Å². The van der Waals surface area contributed by atoms with E-state index < -0.39 is 0 Å². The van der Waals surface area contributed by atoms with E-state index in [0.717, 1.165) is 0 Å². The predicted molar refractivity (Wildman–Crippen MR) is 60.5 cm³/mol. The van der Waals surface area contributed by atoms with Gasteiger partial charge in [0.2, 0.25) is 0 Å². The van der Waals surface area contributed by atoms with Crippen molar-refractivity contribution < 1.29 is 9.53 Å². The summed E-state index contributed by atoms with van der Waals surface area (Å²) in [5.74, 6) is 0.566. The van der Waals surface area contributed by atoms with Crippen molar-refractivity contribution in [3.8, 4) is 5.75 Å². The summed E-state index contributed by atoms with van der Waals surface area (Å²) < 4.78 is 5.31. The van der Waals surface area contributed by atoms with Crippen molar-refractivity contribution in [1.29, 1.82) is 0 Å². The van der Waals surface area contributed by atoms with Crippen molar-refractivity contribution in [3.63, 3.8) is 0 Å². The Bertz CT molecular complexity index is 454. The lowest BCUT2D eigenvalue weighted by atomic mass is 10.1. The zero-order chi connectivity index (χ0) is 11.2. The molecule has 1 aromatic carbocycles. The van der Waals surface area contributed by atoms with Gasteiger partial charge in [-0.1, -0.05) is 30.3 Å². The second-order valence-electron chi connectivity index (χ2n) is 3.27. The third kappa shape index (κ3) is 2.67. The van der Waals surface area contributed by atoms with E-state index in [1.54, 1.807) is 36.7 Å². The molecule has 0 saturated carbocycles. The van der Waals surface area contributed by atoms with Crippen molar-refractivity contribution in [2.75, 3.05) is 6.61 Å². The van der Waals surface area contributed by atoms with Crippen LogP contribution in [0.1, 0.15) is 10.4 Å². The van der Waals surface area contributed by atoms with Crippen LogP contribution in [0.25, 0.3) is 0 Å². The summed E-state index contributed by atoms with van der Waals surface area (Å²) in [6.45, 7) is 0.0374. The second kappa shape index (κ2) is 5.07. The number of aromatic nitrogens is 1. The molecule has 0 radical (unpaired) electrons. The van der Waals surface area contributed by atoms with E-state index >= 15 is 0 Å². The van der Waals surface area contributed by atoms with Gasteiger partial charge in [0.15, 0.2) is 12.4 Å². The first-order valence-electron chi connectivity index (χ1n) is 4.97. The number of Topliss-reactive ketones (excluding diaryl/α,β-unsaturated/α-hetero) is 1. The maximum absolute atomic E-state index is 11.7. The van der Waals surface area contributed by atoms with Crippen molar-refractivity contribution in [2.24, 2.45) is 0 Å².